The molecule has 0 radical (unpaired) electrons. The van der Waals surface area contributed by atoms with E-state index < -0.39 is 11.6 Å². The first-order chi connectivity index (χ1) is 18.2. The first-order valence-corrected chi connectivity index (χ1v) is 13.0. The lowest BCUT2D eigenvalue weighted by Crippen LogP contribution is -2.38. The first-order valence-electron chi connectivity index (χ1n) is 13.0. The highest BCUT2D eigenvalue weighted by atomic mass is 16.9. The van der Waals surface area contributed by atoms with Crippen molar-refractivity contribution in [3.63, 3.8) is 0 Å². The number of furan rings is 1. The molecule has 196 valence electrons. The monoisotopic (exact) mass is 512 g/mol. The van der Waals surface area contributed by atoms with Gasteiger partial charge in [-0.15, -0.1) is 0 Å². The van der Waals surface area contributed by atoms with Crippen LogP contribution in [0.3, 0.4) is 0 Å². The van der Waals surface area contributed by atoms with Crippen LogP contribution in [0.1, 0.15) is 50.3 Å². The van der Waals surface area contributed by atoms with E-state index in [0.717, 1.165) is 46.4 Å². The molecule has 2 atom stereocenters. The molecule has 3 aromatic rings. The number of hydrogen-bond donors (Lipinski definition) is 0. The maximum atomic E-state index is 6.41. The minimum absolute atomic E-state index is 0.134. The van der Waals surface area contributed by atoms with Crippen molar-refractivity contribution in [2.24, 2.45) is 0 Å². The number of aryl methyl sites for hydroxylation is 1. The smallest absolute Gasteiger partial charge is 0.350 e. The molecule has 1 fully saturated rings. The van der Waals surface area contributed by atoms with Gasteiger partial charge in [-0.3, -0.25) is 0 Å². The second-order valence-electron chi connectivity index (χ2n) is 10.6. The van der Waals surface area contributed by atoms with Crippen LogP contribution in [0.4, 0.5) is 0 Å². The van der Waals surface area contributed by atoms with Crippen molar-refractivity contribution in [3.8, 4) is 17.2 Å². The Morgan fingerprint density at radius 1 is 1.11 bits per heavy atom. The molecule has 3 aliphatic heterocycles. The van der Waals surface area contributed by atoms with E-state index in [-0.39, 0.29) is 6.10 Å². The summed E-state index contributed by atoms with van der Waals surface area (Å²) in [6, 6.07) is 9.91. The van der Waals surface area contributed by atoms with Crippen LogP contribution < -0.4 is 14.2 Å². The quantitative estimate of drug-likeness (QED) is 0.315. The van der Waals surface area contributed by atoms with E-state index in [1.807, 2.05) is 55.5 Å². The van der Waals surface area contributed by atoms with Gasteiger partial charge >= 0.3 is 5.97 Å². The van der Waals surface area contributed by atoms with Crippen LogP contribution in [0.2, 0.25) is 0 Å². The minimum atomic E-state index is -1.20. The maximum absolute atomic E-state index is 6.41. The van der Waals surface area contributed by atoms with Crippen LogP contribution in [-0.4, -0.2) is 24.3 Å². The zero-order valence-electron chi connectivity index (χ0n) is 22.2. The van der Waals surface area contributed by atoms with Gasteiger partial charge in [-0.2, -0.15) is 0 Å². The Bertz CT molecular complexity index is 1500. The molecule has 3 aliphatic rings. The van der Waals surface area contributed by atoms with Crippen LogP contribution in [0, 0.1) is 6.92 Å². The molecule has 6 heteroatoms. The summed E-state index contributed by atoms with van der Waals surface area (Å²) < 4.78 is 36.6. The van der Waals surface area contributed by atoms with Gasteiger partial charge in [0.2, 0.25) is 0 Å². The Labute approximate surface area is 222 Å². The fraction of sp³-hybridized carbons (Fsp3) is 0.312. The molecule has 0 saturated carbocycles. The Kier molecular flexibility index (Phi) is 5.97. The summed E-state index contributed by atoms with van der Waals surface area (Å²) >= 11 is 0. The van der Waals surface area contributed by atoms with E-state index in [4.69, 9.17) is 28.1 Å². The van der Waals surface area contributed by atoms with Gasteiger partial charge < -0.3 is 28.1 Å². The summed E-state index contributed by atoms with van der Waals surface area (Å²) in [4.78, 5) is 0. The summed E-state index contributed by atoms with van der Waals surface area (Å²) in [6.07, 6.45) is 12.9. The molecule has 2 aromatic carbocycles. The van der Waals surface area contributed by atoms with Crippen molar-refractivity contribution in [1.82, 2.24) is 0 Å². The minimum Gasteiger partial charge on any atom is -0.488 e. The van der Waals surface area contributed by atoms with Crippen molar-refractivity contribution >= 4 is 23.1 Å². The summed E-state index contributed by atoms with van der Waals surface area (Å²) in [5.74, 6) is 1.59. The van der Waals surface area contributed by atoms with E-state index in [1.165, 1.54) is 5.57 Å². The summed E-state index contributed by atoms with van der Waals surface area (Å²) in [7, 11) is 0. The predicted molar refractivity (Wildman–Crippen MR) is 147 cm³/mol. The summed E-state index contributed by atoms with van der Waals surface area (Å²) in [5, 5.41) is 0.913. The van der Waals surface area contributed by atoms with Crippen molar-refractivity contribution in [3.05, 3.63) is 89.4 Å². The molecule has 1 saturated heterocycles. The molecule has 1 aromatic heterocycles. The second-order valence-corrected chi connectivity index (χ2v) is 10.6. The maximum Gasteiger partial charge on any atom is 0.350 e. The van der Waals surface area contributed by atoms with E-state index >= 15 is 0 Å². The fourth-order valence-corrected chi connectivity index (χ4v) is 5.12. The lowest BCUT2D eigenvalue weighted by molar-refractivity contribution is -0.270. The van der Waals surface area contributed by atoms with E-state index in [9.17, 15) is 0 Å². The number of benzene rings is 2. The highest BCUT2D eigenvalue weighted by Gasteiger charge is 2.53. The van der Waals surface area contributed by atoms with Crippen LogP contribution in [0.15, 0.2) is 77.2 Å². The Hall–Kier alpha value is -3.74. The van der Waals surface area contributed by atoms with Gasteiger partial charge in [0.05, 0.1) is 28.9 Å². The summed E-state index contributed by atoms with van der Waals surface area (Å²) in [6.45, 7) is 12.6. The number of ether oxygens (including phenoxy) is 5. The average molecular weight is 513 g/mol. The Balaban J connectivity index is 1.11. The number of allylic oxidation sites excluding steroid dienone is 2. The molecule has 6 rings (SSSR count). The molecule has 6 nitrogen and oxygen atoms in total. The Morgan fingerprint density at radius 3 is 2.84 bits per heavy atom. The molecule has 0 N–H and O–H groups in total. The lowest BCUT2D eigenvalue weighted by atomic mass is 9.96. The summed E-state index contributed by atoms with van der Waals surface area (Å²) in [5.41, 5.74) is 4.46. The zero-order valence-corrected chi connectivity index (χ0v) is 22.2. The van der Waals surface area contributed by atoms with Gasteiger partial charge in [-0.25, -0.2) is 0 Å². The van der Waals surface area contributed by atoms with Crippen LogP contribution >= 0.6 is 0 Å². The van der Waals surface area contributed by atoms with Crippen LogP contribution in [-0.2, 0) is 9.47 Å². The third kappa shape index (κ3) is 4.55. The first kappa shape index (κ1) is 24.6. The standard InChI is InChI=1S/C32H32O6/c1-20(13-16-34-30-24-10-8-22(3)35-28(24)19-27-25(30)14-17-33-27)7-11-29-31(4,5)38-32(37-29)15-12-23-9-6-21(2)18-26(23)36-32/h6,8-10,12-15,17-19,29H,3,7,11,16H2,1-2,4-5H3/b20-13+/t29?,32-/m0/s1. The molecule has 1 spiro atoms. The molecule has 4 heterocycles. The van der Waals surface area contributed by atoms with Crippen molar-refractivity contribution in [2.45, 2.75) is 58.2 Å². The van der Waals surface area contributed by atoms with E-state index in [0.29, 0.717) is 23.7 Å². The van der Waals surface area contributed by atoms with Crippen LogP contribution in [0.5, 0.6) is 17.2 Å². The molecule has 0 amide bonds. The molecule has 38 heavy (non-hydrogen) atoms. The van der Waals surface area contributed by atoms with Crippen LogP contribution in [0.25, 0.3) is 23.1 Å². The van der Waals surface area contributed by atoms with Gasteiger partial charge in [0, 0.05) is 17.7 Å². The highest BCUT2D eigenvalue weighted by Crippen LogP contribution is 2.45. The largest absolute Gasteiger partial charge is 0.488 e. The van der Waals surface area contributed by atoms with Crippen molar-refractivity contribution in [2.75, 3.05) is 6.61 Å². The van der Waals surface area contributed by atoms with Crippen molar-refractivity contribution in [1.29, 1.82) is 0 Å². The SMILES string of the molecule is C=C1C=Cc2c(cc3occc3c2OC/C=C(\C)CCC2O[C@@]3(C=Cc4ccc(C)cc4O3)OC2(C)C)O1. The number of hydrogen-bond acceptors (Lipinski definition) is 6. The molecular weight excluding hydrogens is 480 g/mol. The van der Waals surface area contributed by atoms with E-state index in [2.05, 4.69) is 39.5 Å². The van der Waals surface area contributed by atoms with Gasteiger partial charge in [0.15, 0.2) is 0 Å². The highest BCUT2D eigenvalue weighted by molar-refractivity contribution is 5.91. The molecular formula is C32H32O6. The van der Waals surface area contributed by atoms with Gasteiger partial charge in [-0.05, 0) is 82.5 Å². The topological polar surface area (TPSA) is 59.3 Å². The van der Waals surface area contributed by atoms with Gasteiger partial charge in [0.1, 0.15) is 35.2 Å². The number of fused-ring (bicyclic) bond motifs is 3. The molecule has 1 unspecified atom stereocenters. The van der Waals surface area contributed by atoms with E-state index in [1.54, 1.807) is 6.26 Å². The lowest BCUT2D eigenvalue weighted by Gasteiger charge is -2.30. The second kappa shape index (κ2) is 9.22. The normalized spacial score (nSPS) is 23.3. The Morgan fingerprint density at radius 2 is 1.97 bits per heavy atom. The molecule has 0 bridgehead atoms. The van der Waals surface area contributed by atoms with Gasteiger partial charge in [-0.1, -0.05) is 24.3 Å². The number of rotatable bonds is 6. The van der Waals surface area contributed by atoms with Gasteiger partial charge in [0.25, 0.3) is 0 Å². The zero-order chi connectivity index (χ0) is 26.5. The average Bonchev–Trinajstić information content (AvgIpc) is 3.43. The van der Waals surface area contributed by atoms with Crippen molar-refractivity contribution < 1.29 is 28.1 Å². The fourth-order valence-electron chi connectivity index (χ4n) is 5.12. The third-order valence-corrected chi connectivity index (χ3v) is 7.22. The third-order valence-electron chi connectivity index (χ3n) is 7.22. The molecule has 0 aliphatic carbocycles. The predicted octanol–water partition coefficient (Wildman–Crippen LogP) is 7.72.